The summed E-state index contributed by atoms with van der Waals surface area (Å²) in [7, 11) is 0. The lowest BCUT2D eigenvalue weighted by molar-refractivity contribution is 0.558. The third-order valence-electron chi connectivity index (χ3n) is 5.25. The molecular weight excluding hydrogens is 394 g/mol. The van der Waals surface area contributed by atoms with E-state index < -0.39 is 5.63 Å². The zero-order valence-electron chi connectivity index (χ0n) is 15.7. The molecule has 5 rings (SSSR count). The van der Waals surface area contributed by atoms with E-state index >= 15 is 0 Å². The molecule has 30 heavy (non-hydrogen) atoms. The topological polar surface area (TPSA) is 54.0 Å². The molecule has 0 aliphatic heterocycles. The average molecular weight is 408 g/mol. The standard InChI is InChI=1S/C26H14ClNO2/c27-18-9-12-25-23(14-18)22(24(15-28)26(29)30-25)11-10-21-19-7-3-1-5-16(19)13-17-6-2-4-8-20(17)21/h1-14H/b11-10+. The SMILES string of the molecule is N#Cc1c(/C=C/c2c3ccccc3cc3ccccc23)c2cc(Cl)ccc2oc1=O. The van der Waals surface area contributed by atoms with Gasteiger partial charge in [-0.3, -0.25) is 0 Å². The van der Waals surface area contributed by atoms with Crippen LogP contribution >= 0.6 is 11.6 Å². The van der Waals surface area contributed by atoms with Crippen molar-refractivity contribution in [1.82, 2.24) is 0 Å². The Balaban J connectivity index is 1.84. The Morgan fingerprint density at radius 3 is 2.10 bits per heavy atom. The summed E-state index contributed by atoms with van der Waals surface area (Å²) in [6, 6.07) is 25.5. The van der Waals surface area contributed by atoms with E-state index in [9.17, 15) is 10.1 Å². The lowest BCUT2D eigenvalue weighted by atomic mass is 9.95. The number of hydrogen-bond donors (Lipinski definition) is 0. The van der Waals surface area contributed by atoms with Crippen LogP contribution in [0.25, 0.3) is 44.7 Å². The largest absolute Gasteiger partial charge is 0.422 e. The van der Waals surface area contributed by atoms with Gasteiger partial charge in [-0.05, 0) is 51.4 Å². The van der Waals surface area contributed by atoms with E-state index in [2.05, 4.69) is 30.3 Å². The third-order valence-corrected chi connectivity index (χ3v) is 5.48. The Morgan fingerprint density at radius 2 is 1.43 bits per heavy atom. The van der Waals surface area contributed by atoms with Crippen LogP contribution in [0.4, 0.5) is 0 Å². The highest BCUT2D eigenvalue weighted by Crippen LogP contribution is 2.31. The molecule has 0 unspecified atom stereocenters. The van der Waals surface area contributed by atoms with Crippen molar-refractivity contribution in [3.63, 3.8) is 0 Å². The number of nitriles is 1. The second-order valence-electron chi connectivity index (χ2n) is 7.00. The van der Waals surface area contributed by atoms with Gasteiger partial charge in [-0.1, -0.05) is 72.3 Å². The van der Waals surface area contributed by atoms with Crippen LogP contribution in [-0.2, 0) is 0 Å². The summed E-state index contributed by atoms with van der Waals surface area (Å²) >= 11 is 6.17. The van der Waals surface area contributed by atoms with Crippen LogP contribution < -0.4 is 5.63 Å². The van der Waals surface area contributed by atoms with Gasteiger partial charge in [0.15, 0.2) is 0 Å². The van der Waals surface area contributed by atoms with Crippen LogP contribution in [0.2, 0.25) is 5.02 Å². The zero-order valence-corrected chi connectivity index (χ0v) is 16.5. The summed E-state index contributed by atoms with van der Waals surface area (Å²) in [5, 5.41) is 15.2. The Bertz CT molecular complexity index is 1530. The molecule has 0 bridgehead atoms. The van der Waals surface area contributed by atoms with E-state index in [0.29, 0.717) is 21.6 Å². The molecule has 5 aromatic rings. The van der Waals surface area contributed by atoms with Crippen LogP contribution in [0.3, 0.4) is 0 Å². The summed E-state index contributed by atoms with van der Waals surface area (Å²) in [5.74, 6) is 0. The normalized spacial score (nSPS) is 11.5. The van der Waals surface area contributed by atoms with E-state index in [4.69, 9.17) is 16.0 Å². The van der Waals surface area contributed by atoms with Gasteiger partial charge < -0.3 is 4.42 Å². The van der Waals surface area contributed by atoms with E-state index in [1.54, 1.807) is 18.2 Å². The smallest absolute Gasteiger partial charge is 0.354 e. The first kappa shape index (κ1) is 18.2. The molecule has 0 atom stereocenters. The van der Waals surface area contributed by atoms with Crippen LogP contribution in [0.15, 0.2) is 82.0 Å². The first-order valence-corrected chi connectivity index (χ1v) is 9.78. The van der Waals surface area contributed by atoms with Crippen molar-refractivity contribution >= 4 is 56.3 Å². The molecule has 142 valence electrons. The molecule has 1 aromatic heterocycles. The van der Waals surface area contributed by atoms with Gasteiger partial charge in [-0.2, -0.15) is 5.26 Å². The molecule has 0 fully saturated rings. The molecule has 0 saturated heterocycles. The van der Waals surface area contributed by atoms with Crippen molar-refractivity contribution in [2.75, 3.05) is 0 Å². The number of nitrogens with zero attached hydrogens (tertiary/aromatic N) is 1. The number of halogens is 1. The highest BCUT2D eigenvalue weighted by Gasteiger charge is 2.13. The van der Waals surface area contributed by atoms with E-state index in [1.165, 1.54) is 0 Å². The number of fused-ring (bicyclic) bond motifs is 3. The lowest BCUT2D eigenvalue weighted by Gasteiger charge is -2.09. The molecule has 4 aromatic carbocycles. The predicted molar refractivity (Wildman–Crippen MR) is 123 cm³/mol. The Labute approximate surface area is 177 Å². The fraction of sp³-hybridized carbons (Fsp3) is 0. The van der Waals surface area contributed by atoms with Crippen molar-refractivity contribution in [2.24, 2.45) is 0 Å². The highest BCUT2D eigenvalue weighted by atomic mass is 35.5. The molecule has 4 heteroatoms. The van der Waals surface area contributed by atoms with E-state index in [1.807, 2.05) is 42.5 Å². The number of hydrogen-bond acceptors (Lipinski definition) is 3. The lowest BCUT2D eigenvalue weighted by Crippen LogP contribution is -2.06. The van der Waals surface area contributed by atoms with E-state index in [0.717, 1.165) is 27.1 Å². The molecule has 0 aliphatic carbocycles. The fourth-order valence-electron chi connectivity index (χ4n) is 3.87. The molecular formula is C26H14ClNO2. The van der Waals surface area contributed by atoms with E-state index in [-0.39, 0.29) is 5.56 Å². The highest BCUT2D eigenvalue weighted by molar-refractivity contribution is 6.31. The van der Waals surface area contributed by atoms with Gasteiger partial charge in [0.25, 0.3) is 0 Å². The van der Waals surface area contributed by atoms with Crippen molar-refractivity contribution in [1.29, 1.82) is 5.26 Å². The van der Waals surface area contributed by atoms with Crippen molar-refractivity contribution in [3.05, 3.63) is 105 Å². The van der Waals surface area contributed by atoms with Crippen LogP contribution in [0, 0.1) is 11.3 Å². The van der Waals surface area contributed by atoms with Crippen LogP contribution in [0.1, 0.15) is 16.7 Å². The molecule has 0 N–H and O–H groups in total. The second kappa shape index (κ2) is 7.18. The summed E-state index contributed by atoms with van der Waals surface area (Å²) in [6.07, 6.45) is 3.77. The van der Waals surface area contributed by atoms with Crippen molar-refractivity contribution in [3.8, 4) is 6.07 Å². The monoisotopic (exact) mass is 407 g/mol. The quantitative estimate of drug-likeness (QED) is 0.239. The molecule has 0 aliphatic rings. The van der Waals surface area contributed by atoms with Crippen molar-refractivity contribution < 1.29 is 4.42 Å². The third kappa shape index (κ3) is 2.95. The summed E-state index contributed by atoms with van der Waals surface area (Å²) in [5.41, 5.74) is 1.23. The van der Waals surface area contributed by atoms with Crippen LogP contribution in [0.5, 0.6) is 0 Å². The first-order chi connectivity index (χ1) is 14.7. The molecule has 0 saturated carbocycles. The van der Waals surface area contributed by atoms with Gasteiger partial charge in [0, 0.05) is 16.0 Å². The molecule has 0 spiro atoms. The number of rotatable bonds is 2. The van der Waals surface area contributed by atoms with Gasteiger partial charge in [0.05, 0.1) is 0 Å². The summed E-state index contributed by atoms with van der Waals surface area (Å²) in [4.78, 5) is 12.4. The Morgan fingerprint density at radius 1 is 0.800 bits per heavy atom. The zero-order chi connectivity index (χ0) is 20.7. The molecule has 1 heterocycles. The van der Waals surface area contributed by atoms with Gasteiger partial charge in [0.1, 0.15) is 17.2 Å². The van der Waals surface area contributed by atoms with Crippen molar-refractivity contribution in [2.45, 2.75) is 0 Å². The predicted octanol–water partition coefficient (Wildman–Crippen LogP) is 6.79. The molecule has 0 radical (unpaired) electrons. The minimum Gasteiger partial charge on any atom is -0.422 e. The maximum Gasteiger partial charge on any atom is 0.354 e. The van der Waals surface area contributed by atoms with Gasteiger partial charge in [0.2, 0.25) is 0 Å². The Hall–Kier alpha value is -3.87. The first-order valence-electron chi connectivity index (χ1n) is 9.41. The minimum absolute atomic E-state index is 0.0365. The summed E-state index contributed by atoms with van der Waals surface area (Å²) < 4.78 is 5.30. The Kier molecular flexibility index (Phi) is 4.35. The average Bonchev–Trinajstić information content (AvgIpc) is 2.76. The fourth-order valence-corrected chi connectivity index (χ4v) is 4.04. The van der Waals surface area contributed by atoms with Gasteiger partial charge in [-0.15, -0.1) is 0 Å². The van der Waals surface area contributed by atoms with Gasteiger partial charge >= 0.3 is 5.63 Å². The molecule has 3 nitrogen and oxygen atoms in total. The molecule has 0 amide bonds. The number of benzene rings is 4. The maximum atomic E-state index is 12.4. The van der Waals surface area contributed by atoms with Gasteiger partial charge in [-0.25, -0.2) is 4.79 Å². The second-order valence-corrected chi connectivity index (χ2v) is 7.43. The minimum atomic E-state index is -0.658. The van der Waals surface area contributed by atoms with Crippen LogP contribution in [-0.4, -0.2) is 0 Å². The maximum absolute atomic E-state index is 12.4. The summed E-state index contributed by atoms with van der Waals surface area (Å²) in [6.45, 7) is 0.